The highest BCUT2D eigenvalue weighted by Gasteiger charge is 2.41. The van der Waals surface area contributed by atoms with Gasteiger partial charge >= 0.3 is 0 Å². The summed E-state index contributed by atoms with van der Waals surface area (Å²) in [6.45, 7) is 14.1. The average Bonchev–Trinajstić information content (AvgIpc) is 2.78. The zero-order valence-corrected chi connectivity index (χ0v) is 13.4. The molecule has 18 heavy (non-hydrogen) atoms. The van der Waals surface area contributed by atoms with Crippen LogP contribution in [0, 0.1) is 0 Å². The lowest BCUT2D eigenvalue weighted by atomic mass is 10.1. The van der Waals surface area contributed by atoms with Crippen molar-refractivity contribution < 1.29 is 9.53 Å². The van der Waals surface area contributed by atoms with Crippen molar-refractivity contribution in [3.63, 3.8) is 0 Å². The summed E-state index contributed by atoms with van der Waals surface area (Å²) < 4.78 is 6.27. The fourth-order valence-corrected chi connectivity index (χ4v) is 3.47. The van der Waals surface area contributed by atoms with E-state index >= 15 is 0 Å². The molecule has 2 atom stereocenters. The van der Waals surface area contributed by atoms with Gasteiger partial charge in [0.05, 0.1) is 18.8 Å². The van der Waals surface area contributed by atoms with Crippen molar-refractivity contribution in [1.82, 2.24) is 4.90 Å². The van der Waals surface area contributed by atoms with Crippen molar-refractivity contribution in [2.75, 3.05) is 19.7 Å². The van der Waals surface area contributed by atoms with Crippen LogP contribution < -0.4 is 0 Å². The van der Waals surface area contributed by atoms with E-state index in [2.05, 4.69) is 44.8 Å². The van der Waals surface area contributed by atoms with Gasteiger partial charge in [-0.1, -0.05) is 26.8 Å². The molecule has 1 fully saturated rings. The molecule has 0 aliphatic carbocycles. The maximum absolute atomic E-state index is 10.0. The van der Waals surface area contributed by atoms with Gasteiger partial charge in [0.15, 0.2) is 8.32 Å². The topological polar surface area (TPSA) is 32.7 Å². The zero-order chi connectivity index (χ0) is 13.6. The van der Waals surface area contributed by atoms with Crippen molar-refractivity contribution >= 4 is 8.32 Å². The van der Waals surface area contributed by atoms with Gasteiger partial charge in [-0.15, -0.1) is 0 Å². The Morgan fingerprint density at radius 1 is 1.44 bits per heavy atom. The van der Waals surface area contributed by atoms with Crippen LogP contribution in [0.1, 0.15) is 27.2 Å². The molecule has 0 bridgehead atoms. The molecule has 0 aromatic rings. The van der Waals surface area contributed by atoms with Crippen molar-refractivity contribution in [3.8, 4) is 0 Å². The summed E-state index contributed by atoms with van der Waals surface area (Å²) in [6.07, 6.45) is 2.96. The van der Waals surface area contributed by atoms with Crippen LogP contribution in [0.2, 0.25) is 18.1 Å². The van der Waals surface area contributed by atoms with Gasteiger partial charge in [-0.05, 0) is 30.1 Å². The number of nitrogens with zero attached hydrogens (tertiary/aromatic N) is 1. The lowest BCUT2D eigenvalue weighted by Crippen LogP contribution is -2.42. The molecule has 0 unspecified atom stereocenters. The summed E-state index contributed by atoms with van der Waals surface area (Å²) >= 11 is 0. The van der Waals surface area contributed by atoms with Crippen LogP contribution in [0.3, 0.4) is 0 Å². The van der Waals surface area contributed by atoms with E-state index in [9.17, 15) is 5.11 Å². The van der Waals surface area contributed by atoms with Crippen molar-refractivity contribution in [3.05, 3.63) is 11.6 Å². The minimum Gasteiger partial charge on any atom is -0.413 e. The molecular weight excluding hydrogens is 242 g/mol. The minimum absolute atomic E-state index is 0.193. The molecule has 0 amide bonds. The van der Waals surface area contributed by atoms with Crippen LogP contribution in [-0.4, -0.2) is 50.2 Å². The largest absolute Gasteiger partial charge is 0.413 e. The predicted octanol–water partition coefficient (Wildman–Crippen LogP) is 2.38. The first-order valence-electron chi connectivity index (χ1n) is 6.97. The molecule has 2 aliphatic rings. The highest BCUT2D eigenvalue weighted by molar-refractivity contribution is 6.74. The Morgan fingerprint density at radius 3 is 2.72 bits per heavy atom. The third-order valence-electron chi connectivity index (χ3n) is 4.84. The first kappa shape index (κ1) is 14.3. The zero-order valence-electron chi connectivity index (χ0n) is 12.4. The smallest absolute Gasteiger partial charge is 0.192 e. The Labute approximate surface area is 112 Å². The molecular formula is C14H27NO2Si. The molecule has 2 aliphatic heterocycles. The summed E-state index contributed by atoms with van der Waals surface area (Å²) in [5, 5.41) is 10.3. The second-order valence-electron chi connectivity index (χ2n) is 7.12. The summed E-state index contributed by atoms with van der Waals surface area (Å²) in [5.41, 5.74) is 1.30. The van der Waals surface area contributed by atoms with E-state index in [0.29, 0.717) is 6.61 Å². The Morgan fingerprint density at radius 2 is 2.11 bits per heavy atom. The fraction of sp³-hybridized carbons (Fsp3) is 0.857. The maximum atomic E-state index is 10.0. The molecule has 0 aromatic heterocycles. The molecule has 0 spiro atoms. The molecule has 3 nitrogen and oxygen atoms in total. The van der Waals surface area contributed by atoms with Crippen LogP contribution in [0.25, 0.3) is 0 Å². The Kier molecular flexibility index (Phi) is 3.76. The summed E-state index contributed by atoms with van der Waals surface area (Å²) in [6, 6.07) is 0.231. The van der Waals surface area contributed by atoms with E-state index < -0.39 is 8.32 Å². The van der Waals surface area contributed by atoms with Crippen molar-refractivity contribution in [2.24, 2.45) is 0 Å². The van der Waals surface area contributed by atoms with E-state index in [4.69, 9.17) is 4.43 Å². The lowest BCUT2D eigenvalue weighted by Gasteiger charge is -2.37. The standard InChI is InChI=1S/C14H27NO2Si/c1-14(2,3)18(4,5)17-10-11-6-8-15-9-7-12(16)13(11)15/h6,12-13,16H,7-10H2,1-5H3/t12-,13-/m1/s1. The van der Waals surface area contributed by atoms with E-state index in [0.717, 1.165) is 19.5 Å². The second kappa shape index (κ2) is 4.74. The molecule has 2 rings (SSSR count). The average molecular weight is 269 g/mol. The quantitative estimate of drug-likeness (QED) is 0.631. The number of hydrogen-bond acceptors (Lipinski definition) is 3. The number of aliphatic hydroxyl groups excluding tert-OH is 1. The van der Waals surface area contributed by atoms with Gasteiger partial charge < -0.3 is 9.53 Å². The van der Waals surface area contributed by atoms with Crippen LogP contribution >= 0.6 is 0 Å². The van der Waals surface area contributed by atoms with Crippen molar-refractivity contribution in [2.45, 2.75) is 57.5 Å². The van der Waals surface area contributed by atoms with E-state index in [1.807, 2.05) is 0 Å². The lowest BCUT2D eigenvalue weighted by molar-refractivity contribution is 0.140. The number of hydrogen-bond donors (Lipinski definition) is 1. The maximum Gasteiger partial charge on any atom is 0.192 e. The van der Waals surface area contributed by atoms with Gasteiger partial charge in [0.2, 0.25) is 0 Å². The van der Waals surface area contributed by atoms with E-state index in [1.54, 1.807) is 0 Å². The van der Waals surface area contributed by atoms with Crippen LogP contribution in [0.5, 0.6) is 0 Å². The first-order valence-corrected chi connectivity index (χ1v) is 9.88. The Bertz CT molecular complexity index is 346. The summed E-state index contributed by atoms with van der Waals surface area (Å²) in [5.74, 6) is 0. The third kappa shape index (κ3) is 2.57. The molecule has 0 radical (unpaired) electrons. The van der Waals surface area contributed by atoms with Crippen molar-refractivity contribution in [1.29, 1.82) is 0 Å². The molecule has 2 heterocycles. The second-order valence-corrected chi connectivity index (χ2v) is 11.9. The fourth-order valence-electron chi connectivity index (χ4n) is 2.50. The number of fused-ring (bicyclic) bond motifs is 1. The van der Waals surface area contributed by atoms with Gasteiger partial charge in [-0.2, -0.15) is 0 Å². The molecule has 1 N–H and O–H groups in total. The monoisotopic (exact) mass is 269 g/mol. The van der Waals surface area contributed by atoms with Crippen LogP contribution in [0.15, 0.2) is 11.6 Å². The molecule has 1 saturated heterocycles. The third-order valence-corrected chi connectivity index (χ3v) is 9.32. The van der Waals surface area contributed by atoms with Gasteiger partial charge in [-0.25, -0.2) is 0 Å². The molecule has 0 aromatic carbocycles. The Hall–Kier alpha value is -0.163. The van der Waals surface area contributed by atoms with Gasteiger partial charge in [0.1, 0.15) is 0 Å². The van der Waals surface area contributed by atoms with E-state index in [1.165, 1.54) is 5.57 Å². The van der Waals surface area contributed by atoms with Crippen LogP contribution in [-0.2, 0) is 4.43 Å². The summed E-state index contributed by atoms with van der Waals surface area (Å²) in [4.78, 5) is 2.36. The molecule has 0 saturated carbocycles. The van der Waals surface area contributed by atoms with Gasteiger partial charge in [0.25, 0.3) is 0 Å². The SMILES string of the molecule is CC(C)(C)[Si](C)(C)OCC1=CCN2CC[C@@H](O)[C@@H]12. The highest BCUT2D eigenvalue weighted by Crippen LogP contribution is 2.38. The molecule has 104 valence electrons. The van der Waals surface area contributed by atoms with Gasteiger partial charge in [-0.3, -0.25) is 4.90 Å². The number of aliphatic hydroxyl groups is 1. The number of rotatable bonds is 3. The minimum atomic E-state index is -1.68. The first-order chi connectivity index (χ1) is 8.22. The van der Waals surface area contributed by atoms with E-state index in [-0.39, 0.29) is 17.2 Å². The van der Waals surface area contributed by atoms with Crippen LogP contribution in [0.4, 0.5) is 0 Å². The normalized spacial score (nSPS) is 29.6. The summed E-state index contributed by atoms with van der Waals surface area (Å²) in [7, 11) is -1.68. The highest BCUT2D eigenvalue weighted by atomic mass is 28.4. The Balaban J connectivity index is 1.95. The predicted molar refractivity (Wildman–Crippen MR) is 77.2 cm³/mol. The molecule has 4 heteroatoms. The van der Waals surface area contributed by atoms with Gasteiger partial charge in [0, 0.05) is 13.1 Å².